The number of aromatic carboxylic acids is 1. The van der Waals surface area contributed by atoms with E-state index in [1.165, 1.54) is 0 Å². The third-order valence-corrected chi connectivity index (χ3v) is 5.80. The first-order chi connectivity index (χ1) is 14.0. The third kappa shape index (κ3) is 3.36. The number of pyridine rings is 1. The first-order valence-corrected chi connectivity index (χ1v) is 9.89. The standard InChI is InChI=1S/C22H26N4O3/c1-23-12-16-19-17(10-15(21(16)27)14-6-5-7-24-11-14)25(2)18(20(19)22(28)29)13-26-8-3-4-9-26/h5-7,10-11,23,27H,3-4,8-9,12-13H2,1-2H3,(H,28,29). The third-order valence-electron chi connectivity index (χ3n) is 5.80. The fraction of sp³-hybridized carbons (Fsp3) is 0.364. The summed E-state index contributed by atoms with van der Waals surface area (Å²) in [4.78, 5) is 18.8. The van der Waals surface area contributed by atoms with Crippen LogP contribution in [0.3, 0.4) is 0 Å². The molecule has 0 radical (unpaired) electrons. The van der Waals surface area contributed by atoms with Gasteiger partial charge in [-0.1, -0.05) is 6.07 Å². The minimum absolute atomic E-state index is 0.0978. The van der Waals surface area contributed by atoms with Crippen LogP contribution in [0.4, 0.5) is 0 Å². The van der Waals surface area contributed by atoms with Crippen LogP contribution in [0, 0.1) is 0 Å². The monoisotopic (exact) mass is 394 g/mol. The molecule has 0 bridgehead atoms. The lowest BCUT2D eigenvalue weighted by molar-refractivity contribution is 0.0696. The van der Waals surface area contributed by atoms with Crippen molar-refractivity contribution in [1.29, 1.82) is 0 Å². The zero-order valence-electron chi connectivity index (χ0n) is 16.8. The molecular formula is C22H26N4O3. The molecule has 0 saturated carbocycles. The van der Waals surface area contributed by atoms with Crippen molar-refractivity contribution in [2.75, 3.05) is 20.1 Å². The molecule has 1 fully saturated rings. The molecule has 7 heteroatoms. The number of hydrogen-bond donors (Lipinski definition) is 3. The molecule has 1 aliphatic rings. The van der Waals surface area contributed by atoms with Crippen LogP contribution < -0.4 is 5.32 Å². The molecule has 1 saturated heterocycles. The van der Waals surface area contributed by atoms with Gasteiger partial charge in [0.05, 0.1) is 11.1 Å². The highest BCUT2D eigenvalue weighted by Gasteiger charge is 2.28. The zero-order valence-corrected chi connectivity index (χ0v) is 16.8. The van der Waals surface area contributed by atoms with E-state index in [-0.39, 0.29) is 11.3 Å². The minimum atomic E-state index is -0.962. The lowest BCUT2D eigenvalue weighted by Crippen LogP contribution is -2.21. The smallest absolute Gasteiger partial charge is 0.338 e. The van der Waals surface area contributed by atoms with Crippen molar-refractivity contribution in [2.24, 2.45) is 7.05 Å². The average molecular weight is 394 g/mol. The summed E-state index contributed by atoms with van der Waals surface area (Å²) < 4.78 is 1.97. The molecule has 7 nitrogen and oxygen atoms in total. The summed E-state index contributed by atoms with van der Waals surface area (Å²) in [6.45, 7) is 2.92. The largest absolute Gasteiger partial charge is 0.507 e. The van der Waals surface area contributed by atoms with E-state index in [1.807, 2.05) is 29.8 Å². The van der Waals surface area contributed by atoms with Crippen LogP contribution in [0.25, 0.3) is 22.0 Å². The van der Waals surface area contributed by atoms with Crippen molar-refractivity contribution >= 4 is 16.9 Å². The number of aryl methyl sites for hydroxylation is 1. The van der Waals surface area contributed by atoms with Gasteiger partial charge in [-0.25, -0.2) is 4.79 Å². The Hall–Kier alpha value is -2.90. The molecule has 1 aromatic carbocycles. The van der Waals surface area contributed by atoms with Gasteiger partial charge in [0.2, 0.25) is 0 Å². The van der Waals surface area contributed by atoms with Crippen molar-refractivity contribution in [3.05, 3.63) is 47.4 Å². The molecule has 0 atom stereocenters. The maximum atomic E-state index is 12.3. The molecule has 4 rings (SSSR count). The number of carboxylic acid groups (broad SMARTS) is 1. The Bertz CT molecular complexity index is 1050. The van der Waals surface area contributed by atoms with Crippen LogP contribution in [-0.2, 0) is 20.1 Å². The van der Waals surface area contributed by atoms with Crippen molar-refractivity contribution in [2.45, 2.75) is 25.9 Å². The van der Waals surface area contributed by atoms with Crippen molar-refractivity contribution in [3.8, 4) is 16.9 Å². The second-order valence-electron chi connectivity index (χ2n) is 7.59. The number of phenols is 1. The van der Waals surface area contributed by atoms with Crippen LogP contribution in [0.5, 0.6) is 5.75 Å². The van der Waals surface area contributed by atoms with E-state index in [0.717, 1.165) is 42.7 Å². The van der Waals surface area contributed by atoms with E-state index in [1.54, 1.807) is 19.4 Å². The average Bonchev–Trinajstić information content (AvgIpc) is 3.32. The minimum Gasteiger partial charge on any atom is -0.507 e. The van der Waals surface area contributed by atoms with Crippen LogP contribution >= 0.6 is 0 Å². The fourth-order valence-electron chi connectivity index (χ4n) is 4.37. The number of aromatic nitrogens is 2. The van der Waals surface area contributed by atoms with Gasteiger partial charge in [0.15, 0.2) is 0 Å². The van der Waals surface area contributed by atoms with Crippen LogP contribution in [-0.4, -0.2) is 50.8 Å². The van der Waals surface area contributed by atoms with Gasteiger partial charge < -0.3 is 20.1 Å². The number of aromatic hydroxyl groups is 1. The summed E-state index contributed by atoms with van der Waals surface area (Å²) in [7, 11) is 3.70. The molecule has 2 aromatic heterocycles. The number of nitrogens with one attached hydrogen (secondary N) is 1. The van der Waals surface area contributed by atoms with Crippen molar-refractivity contribution in [1.82, 2.24) is 19.8 Å². The molecule has 0 aliphatic carbocycles. The van der Waals surface area contributed by atoms with Gasteiger partial charge in [0.25, 0.3) is 0 Å². The number of benzene rings is 1. The van der Waals surface area contributed by atoms with Gasteiger partial charge in [-0.05, 0) is 45.1 Å². The Morgan fingerprint density at radius 2 is 2.07 bits per heavy atom. The van der Waals surface area contributed by atoms with E-state index in [2.05, 4.69) is 15.2 Å². The Morgan fingerprint density at radius 1 is 1.31 bits per heavy atom. The summed E-state index contributed by atoms with van der Waals surface area (Å²) in [6, 6.07) is 5.59. The maximum absolute atomic E-state index is 12.3. The number of nitrogens with zero attached hydrogens (tertiary/aromatic N) is 3. The Labute approximate surface area is 169 Å². The number of rotatable bonds is 6. The lowest BCUT2D eigenvalue weighted by Gasteiger charge is -2.16. The second kappa shape index (κ2) is 7.85. The number of fused-ring (bicyclic) bond motifs is 1. The first kappa shape index (κ1) is 19.4. The van der Waals surface area contributed by atoms with Crippen molar-refractivity contribution < 1.29 is 15.0 Å². The summed E-state index contributed by atoms with van der Waals surface area (Å²) in [6.07, 6.45) is 5.68. The van der Waals surface area contributed by atoms with E-state index in [0.29, 0.717) is 29.6 Å². The quantitative estimate of drug-likeness (QED) is 0.596. The molecule has 152 valence electrons. The predicted octanol–water partition coefficient (Wildman–Crippen LogP) is 2.96. The van der Waals surface area contributed by atoms with Gasteiger partial charge in [-0.3, -0.25) is 9.88 Å². The molecule has 29 heavy (non-hydrogen) atoms. The molecule has 1 aliphatic heterocycles. The fourth-order valence-corrected chi connectivity index (χ4v) is 4.37. The molecule has 3 aromatic rings. The van der Waals surface area contributed by atoms with E-state index in [4.69, 9.17) is 0 Å². The summed E-state index contributed by atoms with van der Waals surface area (Å²) in [5.41, 5.74) is 3.91. The Morgan fingerprint density at radius 3 is 2.69 bits per heavy atom. The van der Waals surface area contributed by atoms with E-state index in [9.17, 15) is 15.0 Å². The molecule has 3 heterocycles. The summed E-state index contributed by atoms with van der Waals surface area (Å²) >= 11 is 0. The van der Waals surface area contributed by atoms with Gasteiger partial charge in [-0.15, -0.1) is 0 Å². The summed E-state index contributed by atoms with van der Waals surface area (Å²) in [5, 5.41) is 24.8. The molecule has 0 amide bonds. The highest BCUT2D eigenvalue weighted by molar-refractivity contribution is 6.08. The van der Waals surface area contributed by atoms with Crippen LogP contribution in [0.2, 0.25) is 0 Å². The Balaban J connectivity index is 2.01. The van der Waals surface area contributed by atoms with Gasteiger partial charge in [0, 0.05) is 60.3 Å². The molecule has 3 N–H and O–H groups in total. The van der Waals surface area contributed by atoms with Gasteiger partial charge in [-0.2, -0.15) is 0 Å². The Kier molecular flexibility index (Phi) is 5.25. The van der Waals surface area contributed by atoms with Gasteiger partial charge >= 0.3 is 5.97 Å². The number of phenolic OH excluding ortho intramolecular Hbond substituents is 1. The SMILES string of the molecule is CNCc1c(O)c(-c2cccnc2)cc2c1c(C(=O)O)c(CN1CCCC1)n2C. The second-order valence-corrected chi connectivity index (χ2v) is 7.59. The van der Waals surface area contributed by atoms with E-state index >= 15 is 0 Å². The molecule has 0 unspecified atom stereocenters. The van der Waals surface area contributed by atoms with E-state index < -0.39 is 5.97 Å². The molecule has 0 spiro atoms. The van der Waals surface area contributed by atoms with Crippen LogP contribution in [0.1, 0.15) is 34.5 Å². The maximum Gasteiger partial charge on any atom is 0.338 e. The highest BCUT2D eigenvalue weighted by atomic mass is 16.4. The number of likely N-dealkylation sites (tertiary alicyclic amines) is 1. The normalized spacial score (nSPS) is 14.7. The van der Waals surface area contributed by atoms with Crippen molar-refractivity contribution in [3.63, 3.8) is 0 Å². The lowest BCUT2D eigenvalue weighted by atomic mass is 9.96. The zero-order chi connectivity index (χ0) is 20.5. The topological polar surface area (TPSA) is 90.6 Å². The number of carbonyl (C=O) groups is 1. The summed E-state index contributed by atoms with van der Waals surface area (Å²) in [5.74, 6) is -0.864. The predicted molar refractivity (Wildman–Crippen MR) is 112 cm³/mol. The molecular weight excluding hydrogens is 368 g/mol. The first-order valence-electron chi connectivity index (χ1n) is 9.89. The highest BCUT2D eigenvalue weighted by Crippen LogP contribution is 2.41. The number of carboxylic acids is 1. The van der Waals surface area contributed by atoms with Gasteiger partial charge in [0.1, 0.15) is 5.75 Å². The van der Waals surface area contributed by atoms with Crippen LogP contribution in [0.15, 0.2) is 30.6 Å². The number of hydrogen-bond acceptors (Lipinski definition) is 5.